The molecule has 1 N–H and O–H groups in total. The van der Waals surface area contributed by atoms with Crippen LogP contribution in [0.1, 0.15) is 31.2 Å². The Hall–Kier alpha value is -1.35. The molecule has 3 nitrogen and oxygen atoms in total. The van der Waals surface area contributed by atoms with Gasteiger partial charge in [-0.3, -0.25) is 4.79 Å². The summed E-state index contributed by atoms with van der Waals surface area (Å²) in [6.07, 6.45) is 1.20. The first-order valence-corrected chi connectivity index (χ1v) is 6.21. The Morgan fingerprint density at radius 1 is 1.41 bits per heavy atom. The summed E-state index contributed by atoms with van der Waals surface area (Å²) in [6.45, 7) is 3.12. The number of likely N-dealkylation sites (tertiary alicyclic amines) is 1. The number of aliphatic hydroxyl groups excluding tert-OH is 1. The van der Waals surface area contributed by atoms with Crippen molar-refractivity contribution in [1.82, 2.24) is 4.90 Å². The molecular formula is C14H19NO2. The van der Waals surface area contributed by atoms with Gasteiger partial charge in [-0.15, -0.1) is 0 Å². The van der Waals surface area contributed by atoms with Crippen molar-refractivity contribution < 1.29 is 9.90 Å². The van der Waals surface area contributed by atoms with Crippen molar-refractivity contribution >= 4 is 5.91 Å². The van der Waals surface area contributed by atoms with Gasteiger partial charge in [0, 0.05) is 19.5 Å². The van der Waals surface area contributed by atoms with E-state index in [1.165, 1.54) is 5.56 Å². The van der Waals surface area contributed by atoms with Crippen LogP contribution in [0.5, 0.6) is 0 Å². The first-order valence-electron chi connectivity index (χ1n) is 6.21. The van der Waals surface area contributed by atoms with Crippen molar-refractivity contribution in [3.63, 3.8) is 0 Å². The Morgan fingerprint density at radius 2 is 2.06 bits per heavy atom. The van der Waals surface area contributed by atoms with Crippen LogP contribution >= 0.6 is 0 Å². The first kappa shape index (κ1) is 12.1. The van der Waals surface area contributed by atoms with E-state index in [0.29, 0.717) is 25.4 Å². The minimum absolute atomic E-state index is 0.158. The lowest BCUT2D eigenvalue weighted by molar-refractivity contribution is -0.141. The monoisotopic (exact) mass is 233 g/mol. The Kier molecular flexibility index (Phi) is 3.79. The number of rotatable bonds is 4. The largest absolute Gasteiger partial charge is 0.389 e. The maximum atomic E-state index is 11.9. The average molecular weight is 233 g/mol. The van der Waals surface area contributed by atoms with Crippen molar-refractivity contribution in [3.8, 4) is 0 Å². The number of hydrogen-bond acceptors (Lipinski definition) is 2. The van der Waals surface area contributed by atoms with E-state index in [1.807, 2.05) is 18.2 Å². The van der Waals surface area contributed by atoms with Gasteiger partial charge in [0.15, 0.2) is 0 Å². The third kappa shape index (κ3) is 2.86. The Balaban J connectivity index is 1.94. The highest BCUT2D eigenvalue weighted by atomic mass is 16.3. The highest BCUT2D eigenvalue weighted by molar-refractivity contribution is 5.78. The van der Waals surface area contributed by atoms with Crippen molar-refractivity contribution in [1.29, 1.82) is 0 Å². The smallest absolute Gasteiger partial charge is 0.223 e. The van der Waals surface area contributed by atoms with E-state index < -0.39 is 0 Å². The number of amides is 1. The van der Waals surface area contributed by atoms with Crippen molar-refractivity contribution in [2.24, 2.45) is 0 Å². The topological polar surface area (TPSA) is 40.5 Å². The molecule has 1 atom stereocenters. The fourth-order valence-electron chi connectivity index (χ4n) is 2.22. The SMILES string of the molecule is CCC(CC(=O)N1CC(O)C1)c1ccccc1. The molecule has 1 fully saturated rings. The summed E-state index contributed by atoms with van der Waals surface area (Å²) in [4.78, 5) is 13.7. The van der Waals surface area contributed by atoms with Gasteiger partial charge in [0.2, 0.25) is 5.91 Å². The van der Waals surface area contributed by atoms with Gasteiger partial charge in [0.05, 0.1) is 6.10 Å². The van der Waals surface area contributed by atoms with Crippen molar-refractivity contribution in [2.75, 3.05) is 13.1 Å². The van der Waals surface area contributed by atoms with Crippen LogP contribution in [0.2, 0.25) is 0 Å². The van der Waals surface area contributed by atoms with E-state index in [4.69, 9.17) is 0 Å². The van der Waals surface area contributed by atoms with Crippen LogP contribution in [0.3, 0.4) is 0 Å². The predicted octanol–water partition coefficient (Wildman–Crippen LogP) is 1.77. The summed E-state index contributed by atoms with van der Waals surface area (Å²) in [5.74, 6) is 0.451. The lowest BCUT2D eigenvalue weighted by Gasteiger charge is -2.36. The van der Waals surface area contributed by atoms with Gasteiger partial charge in [0.25, 0.3) is 0 Å². The fourth-order valence-corrected chi connectivity index (χ4v) is 2.22. The fraction of sp³-hybridized carbons (Fsp3) is 0.500. The molecule has 1 aromatic rings. The van der Waals surface area contributed by atoms with Gasteiger partial charge < -0.3 is 10.0 Å². The van der Waals surface area contributed by atoms with E-state index in [1.54, 1.807) is 4.90 Å². The molecule has 1 unspecified atom stereocenters. The van der Waals surface area contributed by atoms with E-state index in [0.717, 1.165) is 6.42 Å². The maximum Gasteiger partial charge on any atom is 0.223 e. The molecule has 1 amide bonds. The molecule has 0 bridgehead atoms. The minimum atomic E-state index is -0.309. The minimum Gasteiger partial charge on any atom is -0.389 e. The molecule has 0 radical (unpaired) electrons. The van der Waals surface area contributed by atoms with Crippen molar-refractivity contribution in [3.05, 3.63) is 35.9 Å². The summed E-state index contributed by atoms with van der Waals surface area (Å²) in [6, 6.07) is 10.2. The van der Waals surface area contributed by atoms with E-state index in [-0.39, 0.29) is 12.0 Å². The van der Waals surface area contributed by atoms with E-state index in [9.17, 15) is 9.90 Å². The summed E-state index contributed by atoms with van der Waals surface area (Å²) in [5, 5.41) is 9.18. The lowest BCUT2D eigenvalue weighted by atomic mass is 9.92. The summed E-state index contributed by atoms with van der Waals surface area (Å²) in [7, 11) is 0. The summed E-state index contributed by atoms with van der Waals surface area (Å²) >= 11 is 0. The third-order valence-electron chi connectivity index (χ3n) is 3.40. The van der Waals surface area contributed by atoms with Gasteiger partial charge in [-0.05, 0) is 17.9 Å². The van der Waals surface area contributed by atoms with Gasteiger partial charge in [-0.2, -0.15) is 0 Å². The predicted molar refractivity (Wildman–Crippen MR) is 66.7 cm³/mol. The number of carbonyl (C=O) groups is 1. The molecule has 1 saturated heterocycles. The molecule has 0 aromatic heterocycles. The molecule has 1 heterocycles. The van der Waals surface area contributed by atoms with E-state index >= 15 is 0 Å². The van der Waals surface area contributed by atoms with Crippen LogP contribution in [-0.4, -0.2) is 35.1 Å². The van der Waals surface area contributed by atoms with Gasteiger partial charge in [-0.25, -0.2) is 0 Å². The van der Waals surface area contributed by atoms with Crippen LogP contribution in [0.4, 0.5) is 0 Å². The zero-order chi connectivity index (χ0) is 12.3. The summed E-state index contributed by atoms with van der Waals surface area (Å²) in [5.41, 5.74) is 1.23. The molecule has 1 aliphatic heterocycles. The molecule has 92 valence electrons. The number of aliphatic hydroxyl groups is 1. The van der Waals surface area contributed by atoms with Crippen LogP contribution in [-0.2, 0) is 4.79 Å². The van der Waals surface area contributed by atoms with E-state index in [2.05, 4.69) is 19.1 Å². The zero-order valence-electron chi connectivity index (χ0n) is 10.2. The second kappa shape index (κ2) is 5.32. The molecule has 0 aliphatic carbocycles. The zero-order valence-corrected chi connectivity index (χ0v) is 10.2. The van der Waals surface area contributed by atoms with Gasteiger partial charge >= 0.3 is 0 Å². The van der Waals surface area contributed by atoms with Crippen LogP contribution in [0.25, 0.3) is 0 Å². The Morgan fingerprint density at radius 3 is 2.59 bits per heavy atom. The summed E-state index contributed by atoms with van der Waals surface area (Å²) < 4.78 is 0. The third-order valence-corrected chi connectivity index (χ3v) is 3.40. The lowest BCUT2D eigenvalue weighted by Crippen LogP contribution is -2.53. The quantitative estimate of drug-likeness (QED) is 0.861. The molecule has 17 heavy (non-hydrogen) atoms. The average Bonchev–Trinajstić information content (AvgIpc) is 2.33. The highest BCUT2D eigenvalue weighted by Gasteiger charge is 2.29. The van der Waals surface area contributed by atoms with Crippen molar-refractivity contribution in [2.45, 2.75) is 31.8 Å². The number of carbonyl (C=O) groups excluding carboxylic acids is 1. The van der Waals surface area contributed by atoms with Gasteiger partial charge in [0.1, 0.15) is 0 Å². The molecule has 0 spiro atoms. The molecule has 1 aliphatic rings. The van der Waals surface area contributed by atoms with Crippen LogP contribution in [0.15, 0.2) is 30.3 Å². The second-order valence-corrected chi connectivity index (χ2v) is 4.67. The Bertz CT molecular complexity index is 371. The normalized spacial score (nSPS) is 17.6. The van der Waals surface area contributed by atoms with Crippen LogP contribution in [0, 0.1) is 0 Å². The maximum absolute atomic E-state index is 11.9. The number of nitrogens with zero attached hydrogens (tertiary/aromatic N) is 1. The first-order chi connectivity index (χ1) is 8.20. The number of β-amino-alcohol motifs (C(OH)–C–C–N with tert-alkyl or cyclic N) is 1. The second-order valence-electron chi connectivity index (χ2n) is 4.67. The molecular weight excluding hydrogens is 214 g/mol. The Labute approximate surface area is 102 Å². The number of benzene rings is 1. The molecule has 1 aromatic carbocycles. The molecule has 3 heteroatoms. The molecule has 0 saturated carbocycles. The van der Waals surface area contributed by atoms with Gasteiger partial charge in [-0.1, -0.05) is 37.3 Å². The molecule has 2 rings (SSSR count). The standard InChI is InChI=1S/C14H19NO2/c1-2-11(12-6-4-3-5-7-12)8-14(17)15-9-13(16)10-15/h3-7,11,13,16H,2,8-10H2,1H3. The highest BCUT2D eigenvalue weighted by Crippen LogP contribution is 2.24. The number of hydrogen-bond donors (Lipinski definition) is 1. The van der Waals surface area contributed by atoms with Crippen LogP contribution < -0.4 is 0 Å².